The molecule has 6 atom stereocenters. The molecule has 1 aliphatic heterocycles. The fourth-order valence-electron chi connectivity index (χ4n) is 5.07. The van der Waals surface area contributed by atoms with Crippen LogP contribution in [0.2, 0.25) is 10.0 Å². The van der Waals surface area contributed by atoms with Crippen molar-refractivity contribution in [3.63, 3.8) is 0 Å². The number of rotatable bonds is 9. The monoisotopic (exact) mass is 537 g/mol. The highest BCUT2D eigenvalue weighted by molar-refractivity contribution is 7.85. The first-order valence-corrected chi connectivity index (χ1v) is 13.9. The Bertz CT molecular complexity index is 1090. The molecule has 1 amide bonds. The zero-order valence-electron chi connectivity index (χ0n) is 20.5. The van der Waals surface area contributed by atoms with E-state index >= 15 is 0 Å². The van der Waals surface area contributed by atoms with Crippen LogP contribution < -0.4 is 5.32 Å². The van der Waals surface area contributed by atoms with E-state index < -0.39 is 22.2 Å². The number of amides is 1. The molecule has 2 aromatic carbocycles. The second kappa shape index (κ2) is 11.4. The maximum absolute atomic E-state index is 13.3. The number of halogens is 2. The minimum Gasteiger partial charge on any atom is -0.481 e. The summed E-state index contributed by atoms with van der Waals surface area (Å²) < 4.78 is 13.3. The first-order chi connectivity index (χ1) is 16.4. The van der Waals surface area contributed by atoms with Crippen molar-refractivity contribution < 1.29 is 18.9 Å². The number of carboxylic acid groups (broad SMARTS) is 1. The van der Waals surface area contributed by atoms with Crippen LogP contribution in [0.15, 0.2) is 48.5 Å². The molecule has 0 aliphatic carbocycles. The predicted octanol–water partition coefficient (Wildman–Crippen LogP) is 6.37. The van der Waals surface area contributed by atoms with Crippen LogP contribution in [-0.2, 0) is 20.4 Å². The molecule has 2 unspecified atom stereocenters. The topological polar surface area (TPSA) is 83.5 Å². The van der Waals surface area contributed by atoms with Gasteiger partial charge in [-0.25, -0.2) is 0 Å². The second-order valence-electron chi connectivity index (χ2n) is 10.1. The van der Waals surface area contributed by atoms with Crippen molar-refractivity contribution in [3.8, 4) is 0 Å². The number of hydrogen-bond donors (Lipinski definition) is 2. The highest BCUT2D eigenvalue weighted by atomic mass is 35.5. The number of hydrogen-bond acceptors (Lipinski definition) is 3. The standard InChI is InChI=1S/C27H33Cl2NO4S/c1-16(2)35(34)23(18-8-10-20(28)11-9-18)12-17(3)25-22(19-6-5-7-21(29)13-19)14-27(4,15-24(31)32)26(33)30-25/h5-11,13,16-17,22-23,25H,12,14-15H2,1-4H3,(H,30,33)(H,31,32)/t17?,22-,23+,25+,27+,35?/m1/s1. The Balaban J connectivity index is 1.96. The molecule has 1 heterocycles. The maximum Gasteiger partial charge on any atom is 0.304 e. The summed E-state index contributed by atoms with van der Waals surface area (Å²) >= 11 is 12.4. The Kier molecular flexibility index (Phi) is 9.06. The first-order valence-electron chi connectivity index (χ1n) is 11.8. The Morgan fingerprint density at radius 2 is 1.80 bits per heavy atom. The number of aliphatic carboxylic acids is 1. The summed E-state index contributed by atoms with van der Waals surface area (Å²) in [5, 5.41) is 13.5. The third-order valence-corrected chi connectivity index (χ3v) is 9.40. The maximum atomic E-state index is 13.3. The third kappa shape index (κ3) is 6.66. The average molecular weight is 539 g/mol. The number of carbonyl (C=O) groups is 2. The van der Waals surface area contributed by atoms with Gasteiger partial charge in [0.15, 0.2) is 0 Å². The van der Waals surface area contributed by atoms with E-state index in [1.54, 1.807) is 25.1 Å². The van der Waals surface area contributed by atoms with Crippen LogP contribution in [0.3, 0.4) is 0 Å². The van der Waals surface area contributed by atoms with Crippen molar-refractivity contribution in [1.82, 2.24) is 5.32 Å². The van der Waals surface area contributed by atoms with Crippen LogP contribution in [0, 0.1) is 11.3 Å². The van der Waals surface area contributed by atoms with Gasteiger partial charge in [-0.3, -0.25) is 13.8 Å². The minimum absolute atomic E-state index is 0.0357. The van der Waals surface area contributed by atoms with E-state index in [9.17, 15) is 18.9 Å². The number of nitrogens with one attached hydrogen (secondary N) is 1. The van der Waals surface area contributed by atoms with E-state index in [1.165, 1.54) is 0 Å². The molecular formula is C27H33Cl2NO4S. The molecule has 35 heavy (non-hydrogen) atoms. The highest BCUT2D eigenvalue weighted by Gasteiger charge is 2.47. The molecule has 2 N–H and O–H groups in total. The lowest BCUT2D eigenvalue weighted by Gasteiger charge is -2.45. The lowest BCUT2D eigenvalue weighted by Crippen LogP contribution is -2.56. The van der Waals surface area contributed by atoms with E-state index in [1.807, 2.05) is 44.2 Å². The summed E-state index contributed by atoms with van der Waals surface area (Å²) in [7, 11) is -1.14. The van der Waals surface area contributed by atoms with Crippen LogP contribution in [-0.4, -0.2) is 32.5 Å². The molecule has 2 aromatic rings. The van der Waals surface area contributed by atoms with Gasteiger partial charge >= 0.3 is 5.97 Å². The summed E-state index contributed by atoms with van der Waals surface area (Å²) in [5.41, 5.74) is 0.871. The fraction of sp³-hybridized carbons (Fsp3) is 0.481. The molecule has 0 aromatic heterocycles. The Morgan fingerprint density at radius 1 is 1.14 bits per heavy atom. The van der Waals surface area contributed by atoms with E-state index in [2.05, 4.69) is 12.2 Å². The zero-order valence-corrected chi connectivity index (χ0v) is 22.8. The molecule has 5 nitrogen and oxygen atoms in total. The van der Waals surface area contributed by atoms with Crippen LogP contribution >= 0.6 is 23.2 Å². The molecule has 0 spiro atoms. The Hall–Kier alpha value is -1.89. The van der Waals surface area contributed by atoms with Crippen molar-refractivity contribution in [2.45, 2.75) is 69.4 Å². The third-order valence-electron chi connectivity index (χ3n) is 6.95. The molecule has 8 heteroatoms. The van der Waals surface area contributed by atoms with E-state index in [-0.39, 0.29) is 40.7 Å². The first kappa shape index (κ1) is 27.7. The number of benzene rings is 2. The van der Waals surface area contributed by atoms with Gasteiger partial charge in [0.05, 0.1) is 17.1 Å². The quantitative estimate of drug-likeness (QED) is 0.389. The average Bonchev–Trinajstić information content (AvgIpc) is 2.78. The van der Waals surface area contributed by atoms with E-state index in [0.29, 0.717) is 22.9 Å². The van der Waals surface area contributed by atoms with Crippen molar-refractivity contribution >= 4 is 45.9 Å². The van der Waals surface area contributed by atoms with E-state index in [4.69, 9.17) is 23.2 Å². The van der Waals surface area contributed by atoms with Gasteiger partial charge in [0.25, 0.3) is 0 Å². The molecular weight excluding hydrogens is 505 g/mol. The molecule has 1 saturated heterocycles. The Labute approximate surface area is 220 Å². The normalized spacial score (nSPS) is 25.1. The van der Waals surface area contributed by atoms with Gasteiger partial charge in [0.1, 0.15) is 0 Å². The summed E-state index contributed by atoms with van der Waals surface area (Å²) in [6.45, 7) is 7.65. The fourth-order valence-corrected chi connectivity index (χ4v) is 6.97. The van der Waals surface area contributed by atoms with Crippen molar-refractivity contribution in [3.05, 3.63) is 69.7 Å². The van der Waals surface area contributed by atoms with Crippen molar-refractivity contribution in [2.75, 3.05) is 0 Å². The lowest BCUT2D eigenvalue weighted by atomic mass is 9.67. The van der Waals surface area contributed by atoms with Crippen molar-refractivity contribution in [1.29, 1.82) is 0 Å². The van der Waals surface area contributed by atoms with Gasteiger partial charge in [0.2, 0.25) is 5.91 Å². The number of carbonyl (C=O) groups excluding carboxylic acids is 1. The summed E-state index contributed by atoms with van der Waals surface area (Å²) in [4.78, 5) is 24.7. The van der Waals surface area contributed by atoms with Gasteiger partial charge in [-0.05, 0) is 54.2 Å². The minimum atomic E-state index is -1.14. The molecule has 190 valence electrons. The SMILES string of the molecule is CC(C[C@@H](c1ccc(Cl)cc1)S(=O)C(C)C)[C@@H]1NC(=O)[C@](C)(CC(=O)O)C[C@@H]1c1cccc(Cl)c1. The molecule has 0 bridgehead atoms. The van der Waals surface area contributed by atoms with Crippen LogP contribution in [0.25, 0.3) is 0 Å². The molecule has 0 radical (unpaired) electrons. The lowest BCUT2D eigenvalue weighted by molar-refractivity contribution is -0.147. The van der Waals surface area contributed by atoms with Gasteiger partial charge in [-0.1, -0.05) is 75.2 Å². The van der Waals surface area contributed by atoms with Gasteiger partial charge in [-0.15, -0.1) is 0 Å². The van der Waals surface area contributed by atoms with Crippen molar-refractivity contribution in [2.24, 2.45) is 11.3 Å². The van der Waals surface area contributed by atoms with Gasteiger partial charge < -0.3 is 10.4 Å². The number of carboxylic acids is 1. The Morgan fingerprint density at radius 3 is 2.37 bits per heavy atom. The molecule has 3 rings (SSSR count). The zero-order chi connectivity index (χ0) is 25.9. The summed E-state index contributed by atoms with van der Waals surface area (Å²) in [6.07, 6.45) is 0.727. The van der Waals surface area contributed by atoms with Crippen LogP contribution in [0.4, 0.5) is 0 Å². The van der Waals surface area contributed by atoms with Crippen LogP contribution in [0.5, 0.6) is 0 Å². The predicted molar refractivity (Wildman–Crippen MR) is 142 cm³/mol. The summed E-state index contributed by atoms with van der Waals surface area (Å²) in [6, 6.07) is 14.7. The highest BCUT2D eigenvalue weighted by Crippen LogP contribution is 2.45. The van der Waals surface area contributed by atoms with Gasteiger partial charge in [0, 0.05) is 38.1 Å². The summed E-state index contributed by atoms with van der Waals surface area (Å²) in [5.74, 6) is -1.44. The largest absolute Gasteiger partial charge is 0.481 e. The second-order valence-corrected chi connectivity index (χ2v) is 13.2. The van der Waals surface area contributed by atoms with Crippen LogP contribution in [0.1, 0.15) is 69.3 Å². The number of piperidine rings is 1. The van der Waals surface area contributed by atoms with E-state index in [0.717, 1.165) is 11.1 Å². The van der Waals surface area contributed by atoms with Gasteiger partial charge in [-0.2, -0.15) is 0 Å². The molecule has 0 saturated carbocycles. The molecule has 1 aliphatic rings. The smallest absolute Gasteiger partial charge is 0.304 e. The molecule has 1 fully saturated rings.